The smallest absolute Gasteiger partial charge is 0.414 e. The summed E-state index contributed by atoms with van der Waals surface area (Å²) in [6.07, 6.45) is 1.72. The van der Waals surface area contributed by atoms with Crippen molar-refractivity contribution in [1.29, 1.82) is 0 Å². The molecule has 1 fully saturated rings. The van der Waals surface area contributed by atoms with E-state index in [0.717, 1.165) is 0 Å². The highest BCUT2D eigenvalue weighted by Crippen LogP contribution is 2.28. The zero-order valence-electron chi connectivity index (χ0n) is 16.2. The Balaban J connectivity index is 1.47. The van der Waals surface area contributed by atoms with Crippen LogP contribution in [0.15, 0.2) is 36.0 Å². The number of rotatable bonds is 6. The molecule has 3 amide bonds. The van der Waals surface area contributed by atoms with E-state index in [1.165, 1.54) is 41.5 Å². The molecule has 1 aromatic carbocycles. The fraction of sp³-hybridized carbons (Fsp3) is 0.211. The van der Waals surface area contributed by atoms with Crippen LogP contribution in [0.5, 0.6) is 0 Å². The maximum Gasteiger partial charge on any atom is 0.414 e. The van der Waals surface area contributed by atoms with Crippen molar-refractivity contribution >= 4 is 40.1 Å². The summed E-state index contributed by atoms with van der Waals surface area (Å²) in [6, 6.07) is 4.20. The fourth-order valence-corrected chi connectivity index (χ4v) is 3.51. The number of benzene rings is 1. The Hall–Kier alpha value is -3.80. The first-order chi connectivity index (χ1) is 14.9. The van der Waals surface area contributed by atoms with Gasteiger partial charge in [0.15, 0.2) is 5.13 Å². The number of carbonyl (C=O) groups is 3. The lowest BCUT2D eigenvalue weighted by molar-refractivity contribution is -0.119. The average molecular weight is 444 g/mol. The minimum absolute atomic E-state index is 0.138. The lowest BCUT2D eigenvalue weighted by atomic mass is 10.1. The average Bonchev–Trinajstić information content (AvgIpc) is 3.47. The summed E-state index contributed by atoms with van der Waals surface area (Å²) >= 11 is 1.27. The fourth-order valence-electron chi connectivity index (χ4n) is 2.98. The lowest BCUT2D eigenvalue weighted by Gasteiger charge is -2.14. The van der Waals surface area contributed by atoms with Gasteiger partial charge in [-0.3, -0.25) is 19.8 Å². The second-order valence-electron chi connectivity index (χ2n) is 6.65. The summed E-state index contributed by atoms with van der Waals surface area (Å²) in [4.78, 5) is 47.5. The third kappa shape index (κ3) is 4.53. The van der Waals surface area contributed by atoms with Gasteiger partial charge in [0.2, 0.25) is 5.91 Å². The van der Waals surface area contributed by atoms with Crippen LogP contribution < -0.4 is 15.5 Å². The molecule has 31 heavy (non-hydrogen) atoms. The van der Waals surface area contributed by atoms with Crippen LogP contribution in [0.4, 0.5) is 20.0 Å². The van der Waals surface area contributed by atoms with Crippen LogP contribution in [-0.4, -0.2) is 52.1 Å². The number of aromatic amines is 1. The number of hydrogen-bond donors (Lipinski definition) is 3. The largest absolute Gasteiger partial charge is 0.442 e. The van der Waals surface area contributed by atoms with E-state index in [9.17, 15) is 18.8 Å². The minimum Gasteiger partial charge on any atom is -0.442 e. The van der Waals surface area contributed by atoms with Gasteiger partial charge >= 0.3 is 6.09 Å². The van der Waals surface area contributed by atoms with Gasteiger partial charge in [-0.2, -0.15) is 0 Å². The number of imidazole rings is 1. The third-order valence-corrected chi connectivity index (χ3v) is 5.13. The normalized spacial score (nSPS) is 15.6. The summed E-state index contributed by atoms with van der Waals surface area (Å²) < 4.78 is 20.0. The van der Waals surface area contributed by atoms with Crippen LogP contribution in [0, 0.1) is 5.82 Å². The van der Waals surface area contributed by atoms with Gasteiger partial charge in [-0.1, -0.05) is 0 Å². The first kappa shape index (κ1) is 20.5. The summed E-state index contributed by atoms with van der Waals surface area (Å²) in [5.74, 6) is -1.14. The van der Waals surface area contributed by atoms with Crippen molar-refractivity contribution in [2.24, 2.45) is 0 Å². The molecule has 12 heteroatoms. The van der Waals surface area contributed by atoms with Crippen LogP contribution in [0.3, 0.4) is 0 Å². The van der Waals surface area contributed by atoms with Crippen molar-refractivity contribution in [1.82, 2.24) is 20.3 Å². The van der Waals surface area contributed by atoms with Gasteiger partial charge in [0, 0.05) is 18.5 Å². The molecule has 1 saturated heterocycles. The Kier molecular flexibility index (Phi) is 5.62. The second-order valence-corrected chi connectivity index (χ2v) is 7.55. The van der Waals surface area contributed by atoms with Crippen molar-refractivity contribution < 1.29 is 23.5 Å². The van der Waals surface area contributed by atoms with E-state index in [1.807, 2.05) is 0 Å². The highest BCUT2D eigenvalue weighted by atomic mass is 32.1. The van der Waals surface area contributed by atoms with Crippen molar-refractivity contribution in [3.05, 3.63) is 47.5 Å². The number of carbonyl (C=O) groups excluding carboxylic acids is 3. The van der Waals surface area contributed by atoms with Crippen molar-refractivity contribution in [2.75, 3.05) is 23.3 Å². The lowest BCUT2D eigenvalue weighted by Crippen LogP contribution is -2.33. The maximum atomic E-state index is 14.8. The number of aromatic nitrogens is 3. The van der Waals surface area contributed by atoms with Gasteiger partial charge in [-0.05, 0) is 18.2 Å². The third-order valence-electron chi connectivity index (χ3n) is 4.45. The van der Waals surface area contributed by atoms with Crippen LogP contribution in [-0.2, 0) is 9.53 Å². The molecule has 160 valence electrons. The molecule has 3 heterocycles. The van der Waals surface area contributed by atoms with Gasteiger partial charge in [-0.15, -0.1) is 11.3 Å². The van der Waals surface area contributed by atoms with Gasteiger partial charge in [-0.25, -0.2) is 19.2 Å². The van der Waals surface area contributed by atoms with E-state index in [-0.39, 0.29) is 36.1 Å². The predicted molar refractivity (Wildman–Crippen MR) is 110 cm³/mol. The highest BCUT2D eigenvalue weighted by Gasteiger charge is 2.32. The molecule has 1 aliphatic heterocycles. The SMILES string of the molecule is CC(=O)NC[C@H]1CN(c2ccc(-c3ncc(C(=O)Nc4nccs4)[nH]3)c(F)c2)C(=O)O1. The zero-order valence-corrected chi connectivity index (χ0v) is 17.0. The molecule has 3 N–H and O–H groups in total. The van der Waals surface area contributed by atoms with E-state index in [2.05, 4.69) is 25.6 Å². The molecule has 1 atom stereocenters. The Morgan fingerprint density at radius 3 is 2.94 bits per heavy atom. The number of thiazole rings is 1. The van der Waals surface area contributed by atoms with E-state index in [4.69, 9.17) is 4.74 Å². The summed E-state index contributed by atoms with van der Waals surface area (Å²) in [5.41, 5.74) is 0.599. The summed E-state index contributed by atoms with van der Waals surface area (Å²) in [5, 5.41) is 7.35. The van der Waals surface area contributed by atoms with Crippen LogP contribution in [0.1, 0.15) is 17.4 Å². The molecule has 0 radical (unpaired) electrons. The molecule has 0 aliphatic carbocycles. The number of cyclic esters (lactones) is 1. The number of H-pyrrole nitrogens is 1. The van der Waals surface area contributed by atoms with Crippen molar-refractivity contribution in [3.63, 3.8) is 0 Å². The Bertz CT molecular complexity index is 1130. The molecule has 2 aromatic heterocycles. The Labute approximate surface area is 179 Å². The molecule has 4 rings (SSSR count). The molecule has 1 aliphatic rings. The molecule has 3 aromatic rings. The number of nitrogens with zero attached hydrogens (tertiary/aromatic N) is 3. The van der Waals surface area contributed by atoms with Crippen LogP contribution >= 0.6 is 11.3 Å². The second kappa shape index (κ2) is 8.52. The maximum absolute atomic E-state index is 14.8. The zero-order chi connectivity index (χ0) is 22.0. The summed E-state index contributed by atoms with van der Waals surface area (Å²) in [7, 11) is 0. The number of amides is 3. The standard InChI is InChI=1S/C19H17FN6O4S/c1-10(27)22-7-12-9-26(19(29)30-12)11-2-3-13(14(20)6-11)16-23-8-15(24-16)17(28)25-18-21-4-5-31-18/h2-6,8,12H,7,9H2,1H3,(H,22,27)(H,23,24)(H,21,25,28)/t12-/m0/s1. The quantitative estimate of drug-likeness (QED) is 0.535. The minimum atomic E-state index is -0.628. The Morgan fingerprint density at radius 2 is 2.23 bits per heavy atom. The first-order valence-corrected chi connectivity index (χ1v) is 10.1. The molecule has 0 unspecified atom stereocenters. The highest BCUT2D eigenvalue weighted by molar-refractivity contribution is 7.13. The molecular formula is C19H17FN6O4S. The number of nitrogens with one attached hydrogen (secondary N) is 3. The topological polar surface area (TPSA) is 129 Å². The van der Waals surface area contributed by atoms with Gasteiger partial charge in [0.05, 0.1) is 30.5 Å². The Morgan fingerprint density at radius 1 is 1.39 bits per heavy atom. The van der Waals surface area contributed by atoms with Gasteiger partial charge in [0.1, 0.15) is 23.4 Å². The van der Waals surface area contributed by atoms with Crippen LogP contribution in [0.2, 0.25) is 0 Å². The van der Waals surface area contributed by atoms with Crippen molar-refractivity contribution in [3.8, 4) is 11.4 Å². The number of ether oxygens (including phenoxy) is 1. The predicted octanol–water partition coefficient (Wildman–Crippen LogP) is 2.39. The number of halogens is 1. The molecule has 10 nitrogen and oxygen atoms in total. The van der Waals surface area contributed by atoms with Gasteiger partial charge < -0.3 is 15.0 Å². The van der Waals surface area contributed by atoms with E-state index in [0.29, 0.717) is 10.8 Å². The van der Waals surface area contributed by atoms with Gasteiger partial charge in [0.25, 0.3) is 5.91 Å². The van der Waals surface area contributed by atoms with E-state index < -0.39 is 23.9 Å². The number of anilines is 2. The molecule has 0 bridgehead atoms. The van der Waals surface area contributed by atoms with Crippen LogP contribution in [0.25, 0.3) is 11.4 Å². The molecule has 0 saturated carbocycles. The monoisotopic (exact) mass is 444 g/mol. The first-order valence-electron chi connectivity index (χ1n) is 9.19. The molecular weight excluding hydrogens is 427 g/mol. The summed E-state index contributed by atoms with van der Waals surface area (Å²) in [6.45, 7) is 1.72. The van der Waals surface area contributed by atoms with E-state index in [1.54, 1.807) is 17.6 Å². The number of hydrogen-bond acceptors (Lipinski definition) is 7. The van der Waals surface area contributed by atoms with Crippen molar-refractivity contribution in [2.45, 2.75) is 13.0 Å². The van der Waals surface area contributed by atoms with E-state index >= 15 is 0 Å². The molecule has 0 spiro atoms.